The van der Waals surface area contributed by atoms with Gasteiger partial charge in [-0.05, 0) is 44.9 Å². The fraction of sp³-hybridized carbons (Fsp3) is 0.389. The van der Waals surface area contributed by atoms with Crippen LogP contribution in [0.3, 0.4) is 0 Å². The molecule has 3 rings (SSSR count). The molecule has 1 aromatic heterocycles. The van der Waals surface area contributed by atoms with E-state index in [0.29, 0.717) is 24.4 Å². The van der Waals surface area contributed by atoms with E-state index in [1.54, 1.807) is 18.2 Å². The number of hydrogen-bond donors (Lipinski definition) is 2. The highest BCUT2D eigenvalue weighted by Gasteiger charge is 2.45. The van der Waals surface area contributed by atoms with Crippen molar-refractivity contribution in [2.45, 2.75) is 39.5 Å². The van der Waals surface area contributed by atoms with Crippen LogP contribution in [-0.2, 0) is 9.59 Å². The monoisotopic (exact) mass is 328 g/mol. The second kappa shape index (κ2) is 6.11. The molecule has 1 aliphatic rings. The molecule has 6 heteroatoms. The summed E-state index contributed by atoms with van der Waals surface area (Å²) in [5.41, 5.74) is 1.30. The molecule has 24 heavy (non-hydrogen) atoms. The van der Waals surface area contributed by atoms with E-state index in [0.717, 1.165) is 23.4 Å². The number of rotatable bonds is 5. The Hall–Kier alpha value is -2.63. The van der Waals surface area contributed by atoms with Gasteiger partial charge >= 0.3 is 5.97 Å². The number of amides is 1. The average Bonchev–Trinajstić information content (AvgIpc) is 2.82. The second-order valence-electron chi connectivity index (χ2n) is 6.41. The quantitative estimate of drug-likeness (QED) is 0.875. The molecule has 1 aliphatic carbocycles. The van der Waals surface area contributed by atoms with Crippen molar-refractivity contribution >= 4 is 17.6 Å². The third-order valence-corrected chi connectivity index (χ3v) is 4.69. The lowest BCUT2D eigenvalue weighted by Crippen LogP contribution is -2.41. The number of carbonyl (C=O) groups is 2. The van der Waals surface area contributed by atoms with Gasteiger partial charge in [0.1, 0.15) is 5.76 Å². The maximum absolute atomic E-state index is 12.2. The topological polar surface area (TPSA) is 92.4 Å². The van der Waals surface area contributed by atoms with Crippen molar-refractivity contribution in [3.05, 3.63) is 35.7 Å². The molecule has 0 radical (unpaired) electrons. The lowest BCUT2D eigenvalue weighted by atomic mass is 9.66. The third kappa shape index (κ3) is 3.04. The van der Waals surface area contributed by atoms with Crippen molar-refractivity contribution in [3.63, 3.8) is 0 Å². The number of carboxylic acids is 1. The summed E-state index contributed by atoms with van der Waals surface area (Å²) >= 11 is 0. The number of carboxylic acid groups (broad SMARTS) is 1. The van der Waals surface area contributed by atoms with Crippen LogP contribution in [0.5, 0.6) is 0 Å². The van der Waals surface area contributed by atoms with Gasteiger partial charge < -0.3 is 14.8 Å². The Labute approximate surface area is 139 Å². The largest absolute Gasteiger partial charge is 0.481 e. The number of nitrogens with zero attached hydrogens (tertiary/aromatic N) is 1. The van der Waals surface area contributed by atoms with Gasteiger partial charge in [0.25, 0.3) is 0 Å². The summed E-state index contributed by atoms with van der Waals surface area (Å²) in [4.78, 5) is 27.9. The maximum atomic E-state index is 12.2. The van der Waals surface area contributed by atoms with E-state index in [2.05, 4.69) is 10.3 Å². The standard InChI is InChI=1S/C18H20N2O4/c1-11-12(2)24-16(19-11)13-5-3-6-14(9-13)20-15(21)10-18(17(22)23)7-4-8-18/h3,5-6,9H,4,7-8,10H2,1-2H3,(H,20,21)(H,22,23). The van der Waals surface area contributed by atoms with Crippen LogP contribution in [0.15, 0.2) is 28.7 Å². The Morgan fingerprint density at radius 3 is 2.62 bits per heavy atom. The molecule has 2 N–H and O–H groups in total. The number of oxazole rings is 1. The Bertz CT molecular complexity index is 771. The molecular formula is C18H20N2O4. The van der Waals surface area contributed by atoms with E-state index in [-0.39, 0.29) is 12.3 Å². The van der Waals surface area contributed by atoms with Gasteiger partial charge in [0, 0.05) is 17.7 Å². The van der Waals surface area contributed by atoms with Crippen molar-refractivity contribution < 1.29 is 19.1 Å². The molecule has 0 unspecified atom stereocenters. The van der Waals surface area contributed by atoms with Crippen molar-refractivity contribution in [3.8, 4) is 11.5 Å². The van der Waals surface area contributed by atoms with Crippen LogP contribution in [-0.4, -0.2) is 22.0 Å². The van der Waals surface area contributed by atoms with Crippen LogP contribution in [0, 0.1) is 19.3 Å². The van der Waals surface area contributed by atoms with Crippen molar-refractivity contribution in [1.82, 2.24) is 4.98 Å². The first-order chi connectivity index (χ1) is 11.4. The van der Waals surface area contributed by atoms with Crippen molar-refractivity contribution in [2.75, 3.05) is 5.32 Å². The van der Waals surface area contributed by atoms with E-state index < -0.39 is 11.4 Å². The highest BCUT2D eigenvalue weighted by atomic mass is 16.4. The Balaban J connectivity index is 1.73. The molecular weight excluding hydrogens is 308 g/mol. The number of aromatic nitrogens is 1. The van der Waals surface area contributed by atoms with E-state index in [1.807, 2.05) is 19.9 Å². The molecule has 1 heterocycles. The molecule has 0 spiro atoms. The number of anilines is 1. The number of aryl methyl sites for hydroxylation is 2. The molecule has 2 aromatic rings. The summed E-state index contributed by atoms with van der Waals surface area (Å²) in [6.45, 7) is 3.72. The van der Waals surface area contributed by atoms with Gasteiger partial charge in [0.2, 0.25) is 11.8 Å². The Kier molecular flexibility index (Phi) is 4.13. The van der Waals surface area contributed by atoms with Crippen LogP contribution >= 0.6 is 0 Å². The molecule has 0 saturated heterocycles. The molecule has 0 aliphatic heterocycles. The highest BCUT2D eigenvalue weighted by Crippen LogP contribution is 2.44. The molecule has 1 saturated carbocycles. The third-order valence-electron chi connectivity index (χ3n) is 4.69. The summed E-state index contributed by atoms with van der Waals surface area (Å²) in [7, 11) is 0. The van der Waals surface area contributed by atoms with Gasteiger partial charge in [-0.2, -0.15) is 0 Å². The fourth-order valence-corrected chi connectivity index (χ4v) is 2.91. The molecule has 0 bridgehead atoms. The van der Waals surface area contributed by atoms with Crippen molar-refractivity contribution in [1.29, 1.82) is 0 Å². The zero-order chi connectivity index (χ0) is 17.3. The van der Waals surface area contributed by atoms with Gasteiger partial charge in [0.05, 0.1) is 11.1 Å². The summed E-state index contributed by atoms with van der Waals surface area (Å²) in [6, 6.07) is 7.19. The van der Waals surface area contributed by atoms with E-state index in [9.17, 15) is 14.7 Å². The minimum absolute atomic E-state index is 0.00375. The van der Waals surface area contributed by atoms with Crippen molar-refractivity contribution in [2.24, 2.45) is 5.41 Å². The minimum atomic E-state index is -0.890. The fourth-order valence-electron chi connectivity index (χ4n) is 2.91. The van der Waals surface area contributed by atoms with Gasteiger partial charge in [-0.3, -0.25) is 9.59 Å². The summed E-state index contributed by atoms with van der Waals surface area (Å²) in [5, 5.41) is 12.1. The lowest BCUT2D eigenvalue weighted by molar-refractivity contribution is -0.157. The van der Waals surface area contributed by atoms with E-state index >= 15 is 0 Å². The average molecular weight is 328 g/mol. The molecule has 6 nitrogen and oxygen atoms in total. The summed E-state index contributed by atoms with van der Waals surface area (Å²) < 4.78 is 5.60. The Morgan fingerprint density at radius 1 is 1.33 bits per heavy atom. The van der Waals surface area contributed by atoms with Crippen LogP contribution in [0.25, 0.3) is 11.5 Å². The smallest absolute Gasteiger partial charge is 0.310 e. The van der Waals surface area contributed by atoms with Gasteiger partial charge in [-0.15, -0.1) is 0 Å². The van der Waals surface area contributed by atoms with Gasteiger partial charge in [0.15, 0.2) is 0 Å². The van der Waals surface area contributed by atoms with Crippen LogP contribution in [0.4, 0.5) is 5.69 Å². The second-order valence-corrected chi connectivity index (χ2v) is 6.41. The summed E-state index contributed by atoms with van der Waals surface area (Å²) in [5.74, 6) is 0.0901. The Morgan fingerprint density at radius 2 is 2.08 bits per heavy atom. The molecule has 126 valence electrons. The predicted octanol–water partition coefficient (Wildman–Crippen LogP) is 3.54. The van der Waals surface area contributed by atoms with E-state index in [4.69, 9.17) is 4.42 Å². The predicted molar refractivity (Wildman–Crippen MR) is 88.6 cm³/mol. The number of nitrogens with one attached hydrogen (secondary N) is 1. The van der Waals surface area contributed by atoms with Crippen LogP contribution in [0.1, 0.15) is 37.1 Å². The van der Waals surface area contributed by atoms with Gasteiger partial charge in [-0.1, -0.05) is 12.5 Å². The maximum Gasteiger partial charge on any atom is 0.310 e. The minimum Gasteiger partial charge on any atom is -0.481 e. The zero-order valence-corrected chi connectivity index (χ0v) is 13.8. The first-order valence-electron chi connectivity index (χ1n) is 7.97. The first-order valence-corrected chi connectivity index (χ1v) is 7.97. The normalized spacial score (nSPS) is 15.6. The number of hydrogen-bond acceptors (Lipinski definition) is 4. The van der Waals surface area contributed by atoms with Gasteiger partial charge in [-0.25, -0.2) is 4.98 Å². The summed E-state index contributed by atoms with van der Waals surface area (Å²) in [6.07, 6.45) is 1.98. The highest BCUT2D eigenvalue weighted by molar-refractivity contribution is 5.95. The first kappa shape index (κ1) is 16.2. The molecule has 1 fully saturated rings. The molecule has 0 atom stereocenters. The number of carbonyl (C=O) groups excluding carboxylic acids is 1. The van der Waals surface area contributed by atoms with E-state index in [1.165, 1.54) is 0 Å². The molecule has 1 amide bonds. The SMILES string of the molecule is Cc1nc(-c2cccc(NC(=O)CC3(C(=O)O)CCC3)c2)oc1C. The number of benzene rings is 1. The lowest BCUT2D eigenvalue weighted by Gasteiger charge is -2.36. The number of aliphatic carboxylic acids is 1. The molecule has 1 aromatic carbocycles. The van der Waals surface area contributed by atoms with Crippen LogP contribution in [0.2, 0.25) is 0 Å². The van der Waals surface area contributed by atoms with Crippen LogP contribution < -0.4 is 5.32 Å². The zero-order valence-electron chi connectivity index (χ0n) is 13.8.